The highest BCUT2D eigenvalue weighted by atomic mass is 32.2. The molecule has 0 saturated heterocycles. The molecule has 104 valence electrons. The van der Waals surface area contributed by atoms with Crippen LogP contribution in [0.1, 0.15) is 11.1 Å². The van der Waals surface area contributed by atoms with Crippen molar-refractivity contribution in [1.29, 1.82) is 0 Å². The van der Waals surface area contributed by atoms with E-state index in [9.17, 15) is 12.8 Å². The smallest absolute Gasteiger partial charge is 0.241 e. The van der Waals surface area contributed by atoms with Crippen LogP contribution in [0.2, 0.25) is 0 Å². The minimum absolute atomic E-state index is 0.258. The zero-order chi connectivity index (χ0) is 14.2. The molecule has 0 spiro atoms. The third-order valence-electron chi connectivity index (χ3n) is 3.40. The Balaban J connectivity index is 1.97. The Bertz CT molecular complexity index is 746. The standard InChI is InChI=1S/C14H13FN2O2S/c15-13-6-3-8-16-14(13)20(18,19)17-9-7-11-4-1-2-5-12(11)10-17/h1-6,8H,7,9-10H2. The highest BCUT2D eigenvalue weighted by Gasteiger charge is 2.31. The summed E-state index contributed by atoms with van der Waals surface area (Å²) < 4.78 is 39.8. The lowest BCUT2D eigenvalue weighted by Crippen LogP contribution is -2.36. The van der Waals surface area contributed by atoms with Gasteiger partial charge in [-0.05, 0) is 29.7 Å². The molecule has 1 aromatic carbocycles. The zero-order valence-corrected chi connectivity index (χ0v) is 11.5. The van der Waals surface area contributed by atoms with E-state index in [2.05, 4.69) is 4.98 Å². The van der Waals surface area contributed by atoms with Crippen LogP contribution in [0.25, 0.3) is 0 Å². The molecule has 0 amide bonds. The van der Waals surface area contributed by atoms with Crippen LogP contribution in [-0.2, 0) is 23.0 Å². The second-order valence-electron chi connectivity index (χ2n) is 4.65. The molecule has 1 aliphatic heterocycles. The van der Waals surface area contributed by atoms with Gasteiger partial charge in [-0.3, -0.25) is 0 Å². The van der Waals surface area contributed by atoms with Gasteiger partial charge in [-0.25, -0.2) is 17.8 Å². The van der Waals surface area contributed by atoms with Gasteiger partial charge in [0.25, 0.3) is 10.0 Å². The van der Waals surface area contributed by atoms with Gasteiger partial charge in [0.05, 0.1) is 0 Å². The summed E-state index contributed by atoms with van der Waals surface area (Å²) in [5, 5.41) is -0.501. The molecule has 0 radical (unpaired) electrons. The Hall–Kier alpha value is -1.79. The fourth-order valence-electron chi connectivity index (χ4n) is 2.36. The minimum atomic E-state index is -3.89. The summed E-state index contributed by atoms with van der Waals surface area (Å²) in [7, 11) is -3.89. The van der Waals surface area contributed by atoms with E-state index in [-0.39, 0.29) is 6.54 Å². The Morgan fingerprint density at radius 1 is 1.10 bits per heavy atom. The van der Waals surface area contributed by atoms with Crippen LogP contribution in [0.3, 0.4) is 0 Å². The first-order valence-corrected chi connectivity index (χ1v) is 7.70. The summed E-state index contributed by atoms with van der Waals surface area (Å²) >= 11 is 0. The van der Waals surface area contributed by atoms with Crippen LogP contribution in [0, 0.1) is 5.82 Å². The third kappa shape index (κ3) is 2.21. The molecule has 0 N–H and O–H groups in total. The minimum Gasteiger partial charge on any atom is -0.241 e. The highest BCUT2D eigenvalue weighted by Crippen LogP contribution is 2.24. The summed E-state index contributed by atoms with van der Waals surface area (Å²) in [4.78, 5) is 3.68. The molecule has 6 heteroatoms. The molecule has 1 aliphatic rings. The van der Waals surface area contributed by atoms with Gasteiger partial charge >= 0.3 is 0 Å². The lowest BCUT2D eigenvalue weighted by Gasteiger charge is -2.27. The van der Waals surface area contributed by atoms with Crippen molar-refractivity contribution in [2.24, 2.45) is 0 Å². The normalized spacial score (nSPS) is 15.8. The molecule has 0 fully saturated rings. The Kier molecular flexibility index (Phi) is 3.27. The number of halogens is 1. The summed E-state index contributed by atoms with van der Waals surface area (Å²) in [6, 6.07) is 10.2. The molecule has 2 aromatic rings. The SMILES string of the molecule is O=S(=O)(c1ncccc1F)N1CCc2ccccc2C1. The molecule has 0 aliphatic carbocycles. The van der Waals surface area contributed by atoms with Gasteiger partial charge in [0.2, 0.25) is 5.03 Å². The van der Waals surface area contributed by atoms with Crippen LogP contribution in [-0.4, -0.2) is 24.3 Å². The Morgan fingerprint density at radius 3 is 2.60 bits per heavy atom. The van der Waals surface area contributed by atoms with E-state index in [0.717, 1.165) is 17.2 Å². The second-order valence-corrected chi connectivity index (χ2v) is 6.50. The van der Waals surface area contributed by atoms with Crippen LogP contribution >= 0.6 is 0 Å². The molecular formula is C14H13FN2O2S. The van der Waals surface area contributed by atoms with Crippen molar-refractivity contribution in [1.82, 2.24) is 9.29 Å². The van der Waals surface area contributed by atoms with Crippen molar-refractivity contribution in [3.63, 3.8) is 0 Å². The monoisotopic (exact) mass is 292 g/mol. The maximum atomic E-state index is 13.7. The molecular weight excluding hydrogens is 279 g/mol. The van der Waals surface area contributed by atoms with E-state index in [4.69, 9.17) is 0 Å². The Labute approximate surface area is 116 Å². The van der Waals surface area contributed by atoms with Crippen molar-refractivity contribution in [2.45, 2.75) is 18.0 Å². The van der Waals surface area contributed by atoms with Gasteiger partial charge in [0.1, 0.15) is 0 Å². The molecule has 20 heavy (non-hydrogen) atoms. The largest absolute Gasteiger partial charge is 0.263 e. The third-order valence-corrected chi connectivity index (χ3v) is 5.19. The number of rotatable bonds is 2. The number of pyridine rings is 1. The number of sulfonamides is 1. The maximum absolute atomic E-state index is 13.7. The van der Waals surface area contributed by atoms with Crippen LogP contribution in [0.5, 0.6) is 0 Å². The van der Waals surface area contributed by atoms with Crippen LogP contribution in [0.15, 0.2) is 47.6 Å². The van der Waals surface area contributed by atoms with Crippen molar-refractivity contribution < 1.29 is 12.8 Å². The predicted molar refractivity (Wildman–Crippen MR) is 71.9 cm³/mol. The average molecular weight is 292 g/mol. The summed E-state index contributed by atoms with van der Waals surface area (Å²) in [6.07, 6.45) is 1.91. The van der Waals surface area contributed by atoms with Crippen LogP contribution < -0.4 is 0 Å². The van der Waals surface area contributed by atoms with Gasteiger partial charge in [-0.15, -0.1) is 0 Å². The number of aromatic nitrogens is 1. The predicted octanol–water partition coefficient (Wildman–Crippen LogP) is 1.97. The molecule has 0 atom stereocenters. The zero-order valence-electron chi connectivity index (χ0n) is 10.7. The lowest BCUT2D eigenvalue weighted by molar-refractivity contribution is 0.386. The van der Waals surface area contributed by atoms with Crippen molar-refractivity contribution in [3.05, 3.63) is 59.5 Å². The summed E-state index contributed by atoms with van der Waals surface area (Å²) in [6.45, 7) is 0.601. The van der Waals surface area contributed by atoms with E-state index < -0.39 is 20.9 Å². The topological polar surface area (TPSA) is 50.3 Å². The van der Waals surface area contributed by atoms with E-state index in [1.54, 1.807) is 0 Å². The van der Waals surface area contributed by atoms with E-state index in [1.165, 1.54) is 16.6 Å². The first-order chi connectivity index (χ1) is 9.59. The van der Waals surface area contributed by atoms with E-state index in [1.807, 2.05) is 24.3 Å². The number of benzene rings is 1. The Morgan fingerprint density at radius 2 is 1.85 bits per heavy atom. The fraction of sp³-hybridized carbons (Fsp3) is 0.214. The average Bonchev–Trinajstić information content (AvgIpc) is 2.47. The van der Waals surface area contributed by atoms with Gasteiger partial charge in [0, 0.05) is 19.3 Å². The first-order valence-electron chi connectivity index (χ1n) is 6.26. The quantitative estimate of drug-likeness (QED) is 0.850. The molecule has 3 rings (SSSR count). The van der Waals surface area contributed by atoms with E-state index in [0.29, 0.717) is 13.0 Å². The fourth-order valence-corrected chi connectivity index (χ4v) is 3.75. The number of nitrogens with zero attached hydrogens (tertiary/aromatic N) is 2. The number of fused-ring (bicyclic) bond motifs is 1. The first kappa shape index (κ1) is 13.2. The molecule has 4 nitrogen and oxygen atoms in total. The second kappa shape index (κ2) is 4.96. The summed E-state index contributed by atoms with van der Waals surface area (Å²) in [5.41, 5.74) is 2.10. The maximum Gasteiger partial charge on any atom is 0.263 e. The lowest BCUT2D eigenvalue weighted by atomic mass is 10.0. The van der Waals surface area contributed by atoms with Crippen molar-refractivity contribution >= 4 is 10.0 Å². The molecule has 1 aromatic heterocycles. The van der Waals surface area contributed by atoms with Gasteiger partial charge in [0.15, 0.2) is 5.82 Å². The van der Waals surface area contributed by atoms with Crippen molar-refractivity contribution in [3.8, 4) is 0 Å². The molecule has 0 saturated carbocycles. The molecule has 0 unspecified atom stereocenters. The highest BCUT2D eigenvalue weighted by molar-refractivity contribution is 7.89. The molecule has 0 bridgehead atoms. The van der Waals surface area contributed by atoms with Gasteiger partial charge in [-0.2, -0.15) is 4.31 Å². The molecule has 2 heterocycles. The van der Waals surface area contributed by atoms with Crippen molar-refractivity contribution in [2.75, 3.05) is 6.54 Å². The van der Waals surface area contributed by atoms with Gasteiger partial charge in [-0.1, -0.05) is 24.3 Å². The number of hydrogen-bond donors (Lipinski definition) is 0. The summed E-state index contributed by atoms with van der Waals surface area (Å²) in [5.74, 6) is -0.814. The van der Waals surface area contributed by atoms with Crippen LogP contribution in [0.4, 0.5) is 4.39 Å². The van der Waals surface area contributed by atoms with E-state index >= 15 is 0 Å². The number of hydrogen-bond acceptors (Lipinski definition) is 3. The van der Waals surface area contributed by atoms with Gasteiger partial charge < -0.3 is 0 Å².